The number of halogens is 1. The van der Waals surface area contributed by atoms with Crippen molar-refractivity contribution < 1.29 is 23.2 Å². The van der Waals surface area contributed by atoms with Crippen LogP contribution in [0.5, 0.6) is 0 Å². The summed E-state index contributed by atoms with van der Waals surface area (Å²) in [6.45, 7) is 0.0225. The van der Waals surface area contributed by atoms with Gasteiger partial charge in [-0.1, -0.05) is 11.6 Å². The highest BCUT2D eigenvalue weighted by Crippen LogP contribution is 2.25. The van der Waals surface area contributed by atoms with Gasteiger partial charge in [0.05, 0.1) is 9.95 Å². The van der Waals surface area contributed by atoms with Gasteiger partial charge >= 0.3 is 5.97 Å². The summed E-state index contributed by atoms with van der Waals surface area (Å²) < 4.78 is 26.2. The molecule has 1 aromatic rings. The number of aliphatic carboxylic acids is 1. The van der Waals surface area contributed by atoms with E-state index in [4.69, 9.17) is 16.7 Å². The maximum absolute atomic E-state index is 12.0. The van der Waals surface area contributed by atoms with Crippen LogP contribution in [0.25, 0.3) is 0 Å². The third kappa shape index (κ3) is 5.29. The summed E-state index contributed by atoms with van der Waals surface area (Å²) >= 11 is 5.75. The van der Waals surface area contributed by atoms with Crippen molar-refractivity contribution >= 4 is 33.3 Å². The van der Waals surface area contributed by atoms with Crippen molar-refractivity contribution in [2.75, 3.05) is 6.54 Å². The number of nitrogens with one attached hydrogen (secondary N) is 1. The number of benzene rings is 1. The predicted molar refractivity (Wildman–Crippen MR) is 74.8 cm³/mol. The van der Waals surface area contributed by atoms with Gasteiger partial charge in [0, 0.05) is 25.1 Å². The Morgan fingerprint density at radius 3 is 2.62 bits per heavy atom. The first kappa shape index (κ1) is 17.3. The summed E-state index contributed by atoms with van der Waals surface area (Å²) in [5, 5.41) is 19.0. The molecule has 0 atom stereocenters. The molecule has 116 valence electrons. The fraction of sp³-hybridized carbons (Fsp3) is 0.364. The van der Waals surface area contributed by atoms with E-state index >= 15 is 0 Å². The second-order valence-corrected chi connectivity index (χ2v) is 6.26. The Balaban J connectivity index is 2.76. The first-order valence-corrected chi connectivity index (χ1v) is 7.75. The molecule has 0 aliphatic heterocycles. The number of non-ortho nitro benzene ring substituents is 1. The molecule has 0 spiro atoms. The maximum Gasteiger partial charge on any atom is 0.303 e. The molecule has 0 bridgehead atoms. The summed E-state index contributed by atoms with van der Waals surface area (Å²) in [6, 6.07) is 3.12. The topological polar surface area (TPSA) is 127 Å². The molecule has 0 saturated heterocycles. The van der Waals surface area contributed by atoms with E-state index in [-0.39, 0.29) is 28.6 Å². The number of carboxylic acid groups (broad SMARTS) is 1. The zero-order valence-electron chi connectivity index (χ0n) is 10.8. The maximum atomic E-state index is 12.0. The Morgan fingerprint density at radius 1 is 1.38 bits per heavy atom. The van der Waals surface area contributed by atoms with E-state index in [1.165, 1.54) is 0 Å². The van der Waals surface area contributed by atoms with Crippen LogP contribution in [0.2, 0.25) is 5.02 Å². The highest BCUT2D eigenvalue weighted by atomic mass is 35.5. The number of nitrogens with zero attached hydrogens (tertiary/aromatic N) is 1. The Morgan fingerprint density at radius 2 is 2.05 bits per heavy atom. The van der Waals surface area contributed by atoms with Crippen LogP contribution in [0.15, 0.2) is 23.1 Å². The van der Waals surface area contributed by atoms with Crippen molar-refractivity contribution in [3.05, 3.63) is 33.3 Å². The molecule has 1 aromatic carbocycles. The highest BCUT2D eigenvalue weighted by Gasteiger charge is 2.21. The number of nitro benzene ring substituents is 1. The first-order valence-electron chi connectivity index (χ1n) is 5.89. The lowest BCUT2D eigenvalue weighted by Crippen LogP contribution is -2.25. The van der Waals surface area contributed by atoms with Crippen LogP contribution >= 0.6 is 11.6 Å². The molecular formula is C11H13ClN2O6S. The van der Waals surface area contributed by atoms with Crippen LogP contribution < -0.4 is 4.72 Å². The minimum atomic E-state index is -3.98. The average Bonchev–Trinajstić information content (AvgIpc) is 2.37. The summed E-state index contributed by atoms with van der Waals surface area (Å²) in [5.41, 5.74) is -0.384. The quantitative estimate of drug-likeness (QED) is 0.423. The summed E-state index contributed by atoms with van der Waals surface area (Å²) in [6.07, 6.45) is 0.595. The number of sulfonamides is 1. The van der Waals surface area contributed by atoms with E-state index < -0.39 is 20.9 Å². The van der Waals surface area contributed by atoms with E-state index in [1.807, 2.05) is 0 Å². The van der Waals surface area contributed by atoms with Crippen molar-refractivity contribution in [2.45, 2.75) is 24.2 Å². The molecule has 0 unspecified atom stereocenters. The van der Waals surface area contributed by atoms with Gasteiger partial charge in [-0.25, -0.2) is 13.1 Å². The fourth-order valence-electron chi connectivity index (χ4n) is 1.50. The fourth-order valence-corrected chi connectivity index (χ4v) is 3.09. The molecule has 0 aromatic heterocycles. The average molecular weight is 337 g/mol. The van der Waals surface area contributed by atoms with E-state index in [2.05, 4.69) is 4.72 Å². The van der Waals surface area contributed by atoms with Gasteiger partial charge < -0.3 is 5.11 Å². The summed E-state index contributed by atoms with van der Waals surface area (Å²) in [4.78, 5) is 19.9. The van der Waals surface area contributed by atoms with Gasteiger partial charge in [-0.2, -0.15) is 0 Å². The normalized spacial score (nSPS) is 11.3. The van der Waals surface area contributed by atoms with Crippen molar-refractivity contribution in [2.24, 2.45) is 0 Å². The van der Waals surface area contributed by atoms with E-state index in [9.17, 15) is 23.3 Å². The second kappa shape index (κ2) is 7.34. The van der Waals surface area contributed by atoms with Crippen molar-refractivity contribution in [3.63, 3.8) is 0 Å². The molecular weight excluding hydrogens is 324 g/mol. The van der Waals surface area contributed by atoms with Gasteiger partial charge in [-0.3, -0.25) is 14.9 Å². The molecule has 21 heavy (non-hydrogen) atoms. The van der Waals surface area contributed by atoms with Crippen molar-refractivity contribution in [1.29, 1.82) is 0 Å². The number of nitro groups is 1. The molecule has 1 rings (SSSR count). The van der Waals surface area contributed by atoms with Gasteiger partial charge in [0.25, 0.3) is 5.69 Å². The third-order valence-electron chi connectivity index (χ3n) is 2.52. The van der Waals surface area contributed by atoms with Crippen LogP contribution in [0.1, 0.15) is 19.3 Å². The lowest BCUT2D eigenvalue weighted by molar-refractivity contribution is -0.385. The number of carbonyl (C=O) groups is 1. The number of carboxylic acids is 1. The Bertz CT molecular complexity index is 646. The van der Waals surface area contributed by atoms with Crippen LogP contribution in [-0.2, 0) is 14.8 Å². The zero-order chi connectivity index (χ0) is 16.0. The number of rotatable bonds is 8. The van der Waals surface area contributed by atoms with Crippen molar-refractivity contribution in [3.8, 4) is 0 Å². The molecule has 0 heterocycles. The minimum absolute atomic E-state index is 0.0225. The third-order valence-corrected chi connectivity index (χ3v) is 4.47. The predicted octanol–water partition coefficient (Wildman–Crippen LogP) is 1.78. The van der Waals surface area contributed by atoms with Gasteiger partial charge in [-0.15, -0.1) is 0 Å². The first-order chi connectivity index (χ1) is 9.74. The molecule has 0 fully saturated rings. The molecule has 0 aliphatic rings. The SMILES string of the molecule is O=C(O)CCCCNS(=O)(=O)c1cc([N+](=O)[O-])ccc1Cl. The largest absolute Gasteiger partial charge is 0.481 e. The number of hydrogen-bond acceptors (Lipinski definition) is 5. The summed E-state index contributed by atoms with van der Waals surface area (Å²) in [5.74, 6) is -0.959. The van der Waals surface area contributed by atoms with Crippen molar-refractivity contribution in [1.82, 2.24) is 4.72 Å². The number of unbranched alkanes of at least 4 members (excludes halogenated alkanes) is 1. The molecule has 0 aliphatic carbocycles. The highest BCUT2D eigenvalue weighted by molar-refractivity contribution is 7.89. The smallest absolute Gasteiger partial charge is 0.303 e. The van der Waals surface area contributed by atoms with Gasteiger partial charge in [0.2, 0.25) is 10.0 Å². The Kier molecular flexibility index (Phi) is 6.06. The van der Waals surface area contributed by atoms with Gasteiger partial charge in [0.15, 0.2) is 0 Å². The zero-order valence-corrected chi connectivity index (χ0v) is 12.4. The van der Waals surface area contributed by atoms with Crippen LogP contribution in [0, 0.1) is 10.1 Å². The van der Waals surface area contributed by atoms with E-state index in [0.717, 1.165) is 18.2 Å². The van der Waals surface area contributed by atoms with E-state index in [1.54, 1.807) is 0 Å². The van der Waals surface area contributed by atoms with E-state index in [0.29, 0.717) is 12.8 Å². The lowest BCUT2D eigenvalue weighted by Gasteiger charge is -2.08. The molecule has 8 nitrogen and oxygen atoms in total. The van der Waals surface area contributed by atoms with Crippen LogP contribution in [0.4, 0.5) is 5.69 Å². The standard InChI is InChI=1S/C11H13ClN2O6S/c12-9-5-4-8(14(17)18)7-10(9)21(19,20)13-6-2-1-3-11(15)16/h4-5,7,13H,1-3,6H2,(H,15,16). The van der Waals surface area contributed by atoms with Crippen LogP contribution in [0.3, 0.4) is 0 Å². The summed E-state index contributed by atoms with van der Waals surface area (Å²) in [7, 11) is -3.98. The monoisotopic (exact) mass is 336 g/mol. The van der Waals surface area contributed by atoms with Gasteiger partial charge in [-0.05, 0) is 18.9 Å². The molecule has 2 N–H and O–H groups in total. The Labute approximate surface area is 125 Å². The minimum Gasteiger partial charge on any atom is -0.481 e. The van der Waals surface area contributed by atoms with Gasteiger partial charge in [0.1, 0.15) is 4.90 Å². The van der Waals surface area contributed by atoms with Crippen LogP contribution in [-0.4, -0.2) is 31.0 Å². The molecule has 0 saturated carbocycles. The Hall–Kier alpha value is -1.71. The lowest BCUT2D eigenvalue weighted by atomic mass is 10.2. The molecule has 0 amide bonds. The molecule has 0 radical (unpaired) electrons. The number of hydrogen-bond donors (Lipinski definition) is 2. The second-order valence-electron chi connectivity index (χ2n) is 4.12. The molecule has 10 heteroatoms.